The average molecular weight is 301 g/mol. The van der Waals surface area contributed by atoms with Crippen LogP contribution in [0, 0.1) is 11.3 Å². The Balaban J connectivity index is 1.88. The lowest BCUT2D eigenvalue weighted by molar-refractivity contribution is -0.0952. The van der Waals surface area contributed by atoms with Crippen LogP contribution >= 0.6 is 0 Å². The molecule has 4 heteroatoms. The third-order valence-electron chi connectivity index (χ3n) is 4.22. The first-order chi connectivity index (χ1) is 10.4. The van der Waals surface area contributed by atoms with Crippen LogP contribution in [0.5, 0.6) is 0 Å². The first kappa shape index (κ1) is 17.0. The third kappa shape index (κ3) is 4.54. The standard InChI is InChI=1S/C18H27N3O/c1-14-11-21(12-15(2)22-14)18(3,4)13-20-10-17-7-5-6-16(8-17)9-19/h5-8,14-15,20H,10-13H2,1-4H3/t14-,15-/m1/s1. The van der Waals surface area contributed by atoms with E-state index in [0.29, 0.717) is 0 Å². The number of hydrogen-bond donors (Lipinski definition) is 1. The second-order valence-corrected chi connectivity index (χ2v) is 6.89. The van der Waals surface area contributed by atoms with Crippen molar-refractivity contribution in [1.82, 2.24) is 10.2 Å². The zero-order chi connectivity index (χ0) is 16.2. The summed E-state index contributed by atoms with van der Waals surface area (Å²) in [5, 5.41) is 12.5. The summed E-state index contributed by atoms with van der Waals surface area (Å²) < 4.78 is 5.82. The van der Waals surface area contributed by atoms with Gasteiger partial charge in [0, 0.05) is 31.7 Å². The van der Waals surface area contributed by atoms with Gasteiger partial charge in [0.1, 0.15) is 0 Å². The van der Waals surface area contributed by atoms with E-state index in [-0.39, 0.29) is 17.7 Å². The zero-order valence-corrected chi connectivity index (χ0v) is 14.1. The maximum absolute atomic E-state index is 8.95. The van der Waals surface area contributed by atoms with Crippen LogP contribution in [0.25, 0.3) is 0 Å². The van der Waals surface area contributed by atoms with Gasteiger partial charge in [0.2, 0.25) is 0 Å². The number of nitriles is 1. The van der Waals surface area contributed by atoms with Gasteiger partial charge in [-0.1, -0.05) is 12.1 Å². The summed E-state index contributed by atoms with van der Waals surface area (Å²) in [5.74, 6) is 0. The van der Waals surface area contributed by atoms with Gasteiger partial charge >= 0.3 is 0 Å². The Kier molecular flexibility index (Phi) is 5.57. The van der Waals surface area contributed by atoms with Crippen molar-refractivity contribution in [3.63, 3.8) is 0 Å². The fourth-order valence-electron chi connectivity index (χ4n) is 3.05. The van der Waals surface area contributed by atoms with Gasteiger partial charge in [-0.3, -0.25) is 4.90 Å². The van der Waals surface area contributed by atoms with E-state index >= 15 is 0 Å². The maximum Gasteiger partial charge on any atom is 0.0991 e. The summed E-state index contributed by atoms with van der Waals surface area (Å²) >= 11 is 0. The van der Waals surface area contributed by atoms with E-state index in [4.69, 9.17) is 10.00 Å². The maximum atomic E-state index is 8.95. The van der Waals surface area contributed by atoms with Crippen LogP contribution in [0.3, 0.4) is 0 Å². The minimum absolute atomic E-state index is 0.0825. The van der Waals surface area contributed by atoms with Crippen LogP contribution in [0.15, 0.2) is 24.3 Å². The van der Waals surface area contributed by atoms with Crippen LogP contribution in [-0.2, 0) is 11.3 Å². The molecule has 0 unspecified atom stereocenters. The molecule has 0 radical (unpaired) electrons. The van der Waals surface area contributed by atoms with Crippen molar-refractivity contribution < 1.29 is 4.74 Å². The van der Waals surface area contributed by atoms with Crippen molar-refractivity contribution >= 4 is 0 Å². The number of nitrogens with zero attached hydrogens (tertiary/aromatic N) is 2. The number of hydrogen-bond acceptors (Lipinski definition) is 4. The van der Waals surface area contributed by atoms with E-state index < -0.39 is 0 Å². The Hall–Kier alpha value is -1.41. The Morgan fingerprint density at radius 2 is 2.00 bits per heavy atom. The molecule has 0 aromatic heterocycles. The summed E-state index contributed by atoms with van der Waals surface area (Å²) in [6, 6.07) is 9.96. The molecule has 1 heterocycles. The molecule has 22 heavy (non-hydrogen) atoms. The summed E-state index contributed by atoms with van der Waals surface area (Å²) in [6.07, 6.45) is 0.575. The predicted molar refractivity (Wildman–Crippen MR) is 88.5 cm³/mol. The molecule has 0 saturated carbocycles. The van der Waals surface area contributed by atoms with Crippen LogP contribution in [0.2, 0.25) is 0 Å². The van der Waals surface area contributed by atoms with Crippen LogP contribution in [0.1, 0.15) is 38.8 Å². The Morgan fingerprint density at radius 1 is 1.32 bits per heavy atom. The number of nitrogens with one attached hydrogen (secondary N) is 1. The molecule has 120 valence electrons. The Bertz CT molecular complexity index is 525. The van der Waals surface area contributed by atoms with Crippen molar-refractivity contribution in [2.45, 2.75) is 52.0 Å². The summed E-state index contributed by atoms with van der Waals surface area (Å²) in [5.41, 5.74) is 1.95. The average Bonchev–Trinajstić information content (AvgIpc) is 2.46. The monoisotopic (exact) mass is 301 g/mol. The van der Waals surface area contributed by atoms with Crippen molar-refractivity contribution in [3.05, 3.63) is 35.4 Å². The van der Waals surface area contributed by atoms with Gasteiger partial charge in [-0.2, -0.15) is 5.26 Å². The zero-order valence-electron chi connectivity index (χ0n) is 14.1. The van der Waals surface area contributed by atoms with E-state index in [2.05, 4.69) is 50.0 Å². The molecule has 0 bridgehead atoms. The Labute approximate surface area is 134 Å². The highest BCUT2D eigenvalue weighted by Gasteiger charge is 2.32. The molecule has 1 N–H and O–H groups in total. The molecule has 2 rings (SSSR count). The predicted octanol–water partition coefficient (Wildman–Crippen LogP) is 2.54. The van der Waals surface area contributed by atoms with Crippen molar-refractivity contribution in [1.29, 1.82) is 5.26 Å². The first-order valence-corrected chi connectivity index (χ1v) is 8.01. The largest absolute Gasteiger partial charge is 0.373 e. The molecule has 0 amide bonds. The molecular formula is C18H27N3O. The van der Waals surface area contributed by atoms with Gasteiger partial charge in [-0.25, -0.2) is 0 Å². The van der Waals surface area contributed by atoms with Gasteiger partial charge in [0.05, 0.1) is 23.8 Å². The van der Waals surface area contributed by atoms with E-state index in [1.165, 1.54) is 0 Å². The fraction of sp³-hybridized carbons (Fsp3) is 0.611. The molecular weight excluding hydrogens is 274 g/mol. The van der Waals surface area contributed by atoms with Crippen molar-refractivity contribution in [2.75, 3.05) is 19.6 Å². The molecule has 1 aliphatic heterocycles. The highest BCUT2D eigenvalue weighted by molar-refractivity contribution is 5.32. The molecule has 0 aliphatic carbocycles. The SMILES string of the molecule is C[C@@H]1CN(C(C)(C)CNCc2cccc(C#N)c2)C[C@@H](C)O1. The number of morpholine rings is 1. The molecule has 1 aromatic carbocycles. The second kappa shape index (κ2) is 7.23. The van der Waals surface area contributed by atoms with Gasteiger partial charge < -0.3 is 10.1 Å². The topological polar surface area (TPSA) is 48.3 Å². The lowest BCUT2D eigenvalue weighted by atomic mass is 10.00. The third-order valence-corrected chi connectivity index (χ3v) is 4.22. The normalized spacial score (nSPS) is 23.2. The minimum Gasteiger partial charge on any atom is -0.373 e. The van der Waals surface area contributed by atoms with Gasteiger partial charge in [0.25, 0.3) is 0 Å². The molecule has 0 spiro atoms. The lowest BCUT2D eigenvalue weighted by Gasteiger charge is -2.45. The molecule has 1 fully saturated rings. The van der Waals surface area contributed by atoms with Gasteiger partial charge in [-0.05, 0) is 45.4 Å². The van der Waals surface area contributed by atoms with E-state index in [0.717, 1.165) is 37.3 Å². The summed E-state index contributed by atoms with van der Waals surface area (Å²) in [7, 11) is 0. The molecule has 1 saturated heterocycles. The van der Waals surface area contributed by atoms with E-state index in [1.807, 2.05) is 18.2 Å². The van der Waals surface area contributed by atoms with Crippen LogP contribution < -0.4 is 5.32 Å². The Morgan fingerprint density at radius 3 is 2.64 bits per heavy atom. The van der Waals surface area contributed by atoms with E-state index in [1.54, 1.807) is 0 Å². The molecule has 1 aliphatic rings. The highest BCUT2D eigenvalue weighted by atomic mass is 16.5. The van der Waals surface area contributed by atoms with Crippen molar-refractivity contribution in [2.24, 2.45) is 0 Å². The van der Waals surface area contributed by atoms with E-state index in [9.17, 15) is 0 Å². The summed E-state index contributed by atoms with van der Waals surface area (Å²) in [6.45, 7) is 12.5. The second-order valence-electron chi connectivity index (χ2n) is 6.89. The molecule has 4 nitrogen and oxygen atoms in total. The fourth-order valence-corrected chi connectivity index (χ4v) is 3.05. The van der Waals surface area contributed by atoms with Crippen LogP contribution in [-0.4, -0.2) is 42.3 Å². The quantitative estimate of drug-likeness (QED) is 0.908. The number of rotatable bonds is 5. The highest BCUT2D eigenvalue weighted by Crippen LogP contribution is 2.20. The van der Waals surface area contributed by atoms with Crippen LogP contribution in [0.4, 0.5) is 0 Å². The first-order valence-electron chi connectivity index (χ1n) is 8.01. The summed E-state index contributed by atoms with van der Waals surface area (Å²) in [4.78, 5) is 2.50. The number of benzene rings is 1. The van der Waals surface area contributed by atoms with Gasteiger partial charge in [0.15, 0.2) is 0 Å². The molecule has 1 aromatic rings. The lowest BCUT2D eigenvalue weighted by Crippen LogP contribution is -2.58. The number of ether oxygens (including phenoxy) is 1. The van der Waals surface area contributed by atoms with Crippen molar-refractivity contribution in [3.8, 4) is 6.07 Å². The van der Waals surface area contributed by atoms with Gasteiger partial charge in [-0.15, -0.1) is 0 Å². The smallest absolute Gasteiger partial charge is 0.0991 e. The minimum atomic E-state index is 0.0825. The molecule has 2 atom stereocenters.